The van der Waals surface area contributed by atoms with Gasteiger partial charge in [-0.15, -0.1) is 0 Å². The topological polar surface area (TPSA) is 50.9 Å². The molecule has 0 amide bonds. The number of nitrogens with one attached hydrogen (secondary N) is 1. The molecule has 108 valence electrons. The Morgan fingerprint density at radius 3 is 2.11 bits per heavy atom. The van der Waals surface area contributed by atoms with Gasteiger partial charge in [0.25, 0.3) is 0 Å². The van der Waals surface area contributed by atoms with Crippen LogP contribution >= 0.6 is 0 Å². The van der Waals surface area contributed by atoms with Crippen molar-refractivity contribution >= 4 is 0 Å². The van der Waals surface area contributed by atoms with Crippen LogP contribution in [0.4, 0.5) is 26.3 Å². The molecule has 0 aromatic carbocycles. The third kappa shape index (κ3) is 4.35. The summed E-state index contributed by atoms with van der Waals surface area (Å²) in [6, 6.07) is 0.782. The molecule has 0 radical (unpaired) electrons. The normalized spacial score (nSPS) is 14.7. The summed E-state index contributed by atoms with van der Waals surface area (Å²) in [5, 5.41) is 0. The Morgan fingerprint density at radius 2 is 1.74 bits per heavy atom. The van der Waals surface area contributed by atoms with Crippen molar-refractivity contribution in [3.63, 3.8) is 0 Å². The van der Waals surface area contributed by atoms with Crippen molar-refractivity contribution in [3.05, 3.63) is 30.1 Å². The third-order valence-corrected chi connectivity index (χ3v) is 2.50. The van der Waals surface area contributed by atoms with E-state index in [0.717, 1.165) is 0 Å². The second-order valence-corrected chi connectivity index (χ2v) is 3.90. The summed E-state index contributed by atoms with van der Waals surface area (Å²) < 4.78 is 75.1. The number of alkyl halides is 6. The van der Waals surface area contributed by atoms with E-state index in [1.807, 2.05) is 0 Å². The Hall–Kier alpha value is -1.35. The highest BCUT2D eigenvalue weighted by atomic mass is 19.4. The van der Waals surface area contributed by atoms with Gasteiger partial charge in [-0.25, -0.2) is 0 Å². The van der Waals surface area contributed by atoms with Crippen molar-refractivity contribution in [1.82, 2.24) is 10.4 Å². The van der Waals surface area contributed by atoms with Gasteiger partial charge in [0, 0.05) is 18.4 Å². The summed E-state index contributed by atoms with van der Waals surface area (Å²) in [5.41, 5.74) is 1.82. The number of rotatable bonds is 4. The Labute approximate surface area is 104 Å². The van der Waals surface area contributed by atoms with Crippen molar-refractivity contribution in [2.45, 2.75) is 24.8 Å². The first-order valence-corrected chi connectivity index (χ1v) is 5.14. The molecule has 1 aromatic heterocycles. The van der Waals surface area contributed by atoms with Crippen LogP contribution in [0.2, 0.25) is 0 Å². The molecule has 1 unspecified atom stereocenters. The van der Waals surface area contributed by atoms with Crippen molar-refractivity contribution in [1.29, 1.82) is 0 Å². The highest BCUT2D eigenvalue weighted by Crippen LogP contribution is 2.41. The molecule has 0 bridgehead atoms. The summed E-state index contributed by atoms with van der Waals surface area (Å²) in [5.74, 6) is 1.31. The molecule has 1 atom stereocenters. The van der Waals surface area contributed by atoms with Crippen molar-refractivity contribution in [2.75, 3.05) is 0 Å². The number of halogens is 6. The fourth-order valence-corrected chi connectivity index (χ4v) is 1.69. The molecular formula is C10H11F6N3. The molecule has 9 heteroatoms. The summed E-state index contributed by atoms with van der Waals surface area (Å²) >= 11 is 0. The van der Waals surface area contributed by atoms with Crippen molar-refractivity contribution in [2.24, 2.45) is 11.8 Å². The van der Waals surface area contributed by atoms with Crippen LogP contribution in [0, 0.1) is 5.92 Å². The van der Waals surface area contributed by atoms with E-state index in [9.17, 15) is 26.3 Å². The van der Waals surface area contributed by atoms with Gasteiger partial charge in [0.05, 0.1) is 0 Å². The lowest BCUT2D eigenvalue weighted by Crippen LogP contribution is -2.54. The Balaban J connectivity index is 2.98. The van der Waals surface area contributed by atoms with Gasteiger partial charge in [0.15, 0.2) is 5.92 Å². The lowest BCUT2D eigenvalue weighted by Gasteiger charge is -2.30. The monoisotopic (exact) mass is 287 g/mol. The van der Waals surface area contributed by atoms with E-state index >= 15 is 0 Å². The van der Waals surface area contributed by atoms with Crippen LogP contribution in [-0.4, -0.2) is 23.4 Å². The van der Waals surface area contributed by atoms with Gasteiger partial charge in [-0.3, -0.25) is 16.3 Å². The van der Waals surface area contributed by atoms with Crippen LogP contribution in [0.1, 0.15) is 5.56 Å². The molecule has 0 spiro atoms. The van der Waals surface area contributed by atoms with Crippen LogP contribution < -0.4 is 11.3 Å². The molecular weight excluding hydrogens is 276 g/mol. The molecule has 0 saturated carbocycles. The second-order valence-electron chi connectivity index (χ2n) is 3.90. The zero-order valence-electron chi connectivity index (χ0n) is 9.46. The maximum atomic E-state index is 12.5. The summed E-state index contributed by atoms with van der Waals surface area (Å²) in [6.45, 7) is 0. The number of nitrogens with zero attached hydrogens (tertiary/aromatic N) is 1. The predicted octanol–water partition coefficient (Wildman–Crippen LogP) is 2.20. The van der Waals surface area contributed by atoms with E-state index in [1.54, 1.807) is 5.43 Å². The molecule has 1 rings (SSSR count). The molecule has 0 fully saturated rings. The van der Waals surface area contributed by atoms with Crippen LogP contribution in [0.5, 0.6) is 0 Å². The number of pyridine rings is 1. The van der Waals surface area contributed by atoms with Crippen LogP contribution in [0.3, 0.4) is 0 Å². The highest BCUT2D eigenvalue weighted by molar-refractivity contribution is 5.11. The minimum absolute atomic E-state index is 0.226. The zero-order chi connectivity index (χ0) is 14.7. The zero-order valence-corrected chi connectivity index (χ0v) is 9.46. The summed E-state index contributed by atoms with van der Waals surface area (Å²) in [6.07, 6.45) is -8.85. The molecule has 19 heavy (non-hydrogen) atoms. The summed E-state index contributed by atoms with van der Waals surface area (Å²) in [4.78, 5) is 3.62. The molecule has 1 aromatic rings. The predicted molar refractivity (Wildman–Crippen MR) is 54.7 cm³/mol. The Morgan fingerprint density at radius 1 is 1.16 bits per heavy atom. The van der Waals surface area contributed by atoms with E-state index in [0.29, 0.717) is 0 Å². The van der Waals surface area contributed by atoms with Gasteiger partial charge in [0.2, 0.25) is 0 Å². The van der Waals surface area contributed by atoms with E-state index in [2.05, 4.69) is 4.98 Å². The van der Waals surface area contributed by atoms with Gasteiger partial charge < -0.3 is 0 Å². The van der Waals surface area contributed by atoms with Gasteiger partial charge >= 0.3 is 12.4 Å². The van der Waals surface area contributed by atoms with E-state index in [-0.39, 0.29) is 5.56 Å². The summed E-state index contributed by atoms with van der Waals surface area (Å²) in [7, 11) is 0. The average molecular weight is 287 g/mol. The number of hydrazine groups is 1. The fourth-order valence-electron chi connectivity index (χ4n) is 1.69. The molecule has 0 saturated heterocycles. The van der Waals surface area contributed by atoms with Crippen molar-refractivity contribution in [3.8, 4) is 0 Å². The van der Waals surface area contributed by atoms with Gasteiger partial charge in [-0.1, -0.05) is 6.07 Å². The van der Waals surface area contributed by atoms with Crippen LogP contribution in [0.15, 0.2) is 24.5 Å². The van der Waals surface area contributed by atoms with Crippen LogP contribution in [-0.2, 0) is 6.42 Å². The third-order valence-electron chi connectivity index (χ3n) is 2.50. The van der Waals surface area contributed by atoms with Gasteiger partial charge in [-0.2, -0.15) is 26.3 Å². The molecule has 0 aliphatic heterocycles. The smallest absolute Gasteiger partial charge is 0.271 e. The first kappa shape index (κ1) is 15.7. The standard InChI is InChI=1S/C10H11F6N3/c11-9(12,13)8(10(14,15)16)7(19-17)4-6-2-1-3-18-5-6/h1-3,5,7-8,19H,4,17H2. The maximum Gasteiger partial charge on any atom is 0.402 e. The molecule has 1 heterocycles. The van der Waals surface area contributed by atoms with Gasteiger partial charge in [-0.05, 0) is 18.1 Å². The average Bonchev–Trinajstić information content (AvgIpc) is 2.25. The maximum absolute atomic E-state index is 12.5. The Kier molecular flexibility index (Phi) is 4.75. The number of nitrogens with two attached hydrogens (primary N) is 1. The van der Waals surface area contributed by atoms with E-state index < -0.39 is 30.7 Å². The number of aromatic nitrogens is 1. The minimum Gasteiger partial charge on any atom is -0.271 e. The quantitative estimate of drug-likeness (QED) is 0.507. The van der Waals surface area contributed by atoms with Crippen molar-refractivity contribution < 1.29 is 26.3 Å². The molecule has 0 aliphatic carbocycles. The molecule has 0 aliphatic rings. The van der Waals surface area contributed by atoms with E-state index in [1.165, 1.54) is 24.5 Å². The minimum atomic E-state index is -5.43. The second kappa shape index (κ2) is 5.74. The fraction of sp³-hybridized carbons (Fsp3) is 0.500. The lowest BCUT2D eigenvalue weighted by atomic mass is 9.93. The molecule has 3 N–H and O–H groups in total. The SMILES string of the molecule is NNC(Cc1cccnc1)C(C(F)(F)F)C(F)(F)F. The number of hydrogen-bond donors (Lipinski definition) is 2. The first-order chi connectivity index (χ1) is 8.66. The first-order valence-electron chi connectivity index (χ1n) is 5.14. The molecule has 3 nitrogen and oxygen atoms in total. The Bertz CT molecular complexity index is 374. The lowest BCUT2D eigenvalue weighted by molar-refractivity contribution is -0.291. The number of hydrogen-bond acceptors (Lipinski definition) is 3. The van der Waals surface area contributed by atoms with E-state index in [4.69, 9.17) is 5.84 Å². The highest BCUT2D eigenvalue weighted by Gasteiger charge is 2.59. The largest absolute Gasteiger partial charge is 0.402 e. The van der Waals surface area contributed by atoms with Gasteiger partial charge in [0.1, 0.15) is 0 Å². The van der Waals surface area contributed by atoms with Crippen LogP contribution in [0.25, 0.3) is 0 Å².